The van der Waals surface area contributed by atoms with Crippen LogP contribution in [0.3, 0.4) is 0 Å². The van der Waals surface area contributed by atoms with Gasteiger partial charge in [-0.25, -0.2) is 0 Å². The van der Waals surface area contributed by atoms with Crippen molar-refractivity contribution in [3.63, 3.8) is 0 Å². The van der Waals surface area contributed by atoms with E-state index in [0.717, 1.165) is 0 Å². The van der Waals surface area contributed by atoms with Gasteiger partial charge < -0.3 is 5.32 Å². The molecule has 0 saturated carbocycles. The first-order valence-corrected chi connectivity index (χ1v) is 6.69. The highest BCUT2D eigenvalue weighted by Crippen LogP contribution is 2.27. The molecule has 0 aliphatic rings. The maximum atomic E-state index is 12.4. The largest absolute Gasteiger partial charge is 0.346 e. The molecule has 106 valence electrons. The molecular formula is C15H29NO2. The van der Waals surface area contributed by atoms with E-state index in [9.17, 15) is 9.59 Å². The van der Waals surface area contributed by atoms with Crippen LogP contribution in [0.4, 0.5) is 0 Å². The topological polar surface area (TPSA) is 46.2 Å². The lowest BCUT2D eigenvalue weighted by Gasteiger charge is -2.34. The van der Waals surface area contributed by atoms with Crippen LogP contribution in [0.25, 0.3) is 0 Å². The van der Waals surface area contributed by atoms with Crippen molar-refractivity contribution in [1.29, 1.82) is 0 Å². The van der Waals surface area contributed by atoms with E-state index in [-0.39, 0.29) is 17.1 Å². The Balaban J connectivity index is 4.95. The van der Waals surface area contributed by atoms with Gasteiger partial charge in [0.25, 0.3) is 0 Å². The second-order valence-electron chi connectivity index (χ2n) is 7.58. The van der Waals surface area contributed by atoms with Crippen molar-refractivity contribution in [2.24, 2.45) is 16.7 Å². The van der Waals surface area contributed by atoms with E-state index in [2.05, 4.69) is 5.32 Å². The van der Waals surface area contributed by atoms with Gasteiger partial charge in [0, 0.05) is 11.8 Å². The smallest absolute Gasteiger partial charge is 0.220 e. The average Bonchev–Trinajstić information content (AvgIpc) is 2.08. The van der Waals surface area contributed by atoms with Crippen molar-refractivity contribution in [2.75, 3.05) is 0 Å². The summed E-state index contributed by atoms with van der Waals surface area (Å²) in [6.07, 6.45) is 0.462. The molecule has 1 unspecified atom stereocenters. The molecule has 0 aliphatic carbocycles. The molecule has 1 atom stereocenters. The molecule has 0 rings (SSSR count). The Morgan fingerprint density at radius 1 is 1.00 bits per heavy atom. The Morgan fingerprint density at radius 2 is 1.44 bits per heavy atom. The molecule has 0 aromatic heterocycles. The molecule has 0 aliphatic heterocycles. The predicted molar refractivity (Wildman–Crippen MR) is 75.3 cm³/mol. The van der Waals surface area contributed by atoms with Gasteiger partial charge >= 0.3 is 0 Å². The van der Waals surface area contributed by atoms with Crippen LogP contribution in [-0.4, -0.2) is 17.7 Å². The molecule has 0 radical (unpaired) electrons. The molecule has 0 heterocycles. The molecule has 1 amide bonds. The third-order valence-corrected chi connectivity index (χ3v) is 2.77. The summed E-state index contributed by atoms with van der Waals surface area (Å²) in [5.41, 5.74) is -0.708. The van der Waals surface area contributed by atoms with E-state index in [0.29, 0.717) is 12.3 Å². The molecule has 0 bridgehead atoms. The molecular weight excluding hydrogens is 226 g/mol. The highest BCUT2D eigenvalue weighted by atomic mass is 16.2. The van der Waals surface area contributed by atoms with Crippen LogP contribution in [0.2, 0.25) is 0 Å². The number of ketones is 1. The number of carbonyl (C=O) groups is 2. The van der Waals surface area contributed by atoms with E-state index < -0.39 is 11.5 Å². The van der Waals surface area contributed by atoms with Crippen molar-refractivity contribution in [2.45, 2.75) is 67.9 Å². The number of nitrogens with one attached hydrogen (secondary N) is 1. The van der Waals surface area contributed by atoms with Crippen LogP contribution in [0.15, 0.2) is 0 Å². The zero-order valence-electron chi connectivity index (χ0n) is 13.2. The Labute approximate surface area is 112 Å². The van der Waals surface area contributed by atoms with Gasteiger partial charge in [0.1, 0.15) is 0 Å². The molecule has 0 aromatic carbocycles. The summed E-state index contributed by atoms with van der Waals surface area (Å²) in [6, 6.07) is -0.427. The number of hydrogen-bond acceptors (Lipinski definition) is 2. The highest BCUT2D eigenvalue weighted by Gasteiger charge is 2.38. The SMILES string of the molecule is CC(C)CC(=O)NC(C(=O)C(C)(C)C)C(C)(C)C. The predicted octanol–water partition coefficient (Wildman–Crippen LogP) is 3.18. The first-order valence-electron chi connectivity index (χ1n) is 6.69. The molecule has 3 nitrogen and oxygen atoms in total. The molecule has 1 N–H and O–H groups in total. The Kier molecular flexibility index (Phi) is 5.57. The lowest BCUT2D eigenvalue weighted by molar-refractivity contribution is -0.135. The number of amides is 1. The minimum Gasteiger partial charge on any atom is -0.346 e. The monoisotopic (exact) mass is 255 g/mol. The summed E-state index contributed by atoms with van der Waals surface area (Å²) >= 11 is 0. The summed E-state index contributed by atoms with van der Waals surface area (Å²) < 4.78 is 0. The van der Waals surface area contributed by atoms with Gasteiger partial charge in [-0.2, -0.15) is 0 Å². The summed E-state index contributed by atoms with van der Waals surface area (Å²) in [6.45, 7) is 15.6. The Hall–Kier alpha value is -0.860. The molecule has 0 fully saturated rings. The van der Waals surface area contributed by atoms with Crippen LogP contribution in [0.1, 0.15) is 61.8 Å². The van der Waals surface area contributed by atoms with Gasteiger partial charge in [0.2, 0.25) is 5.91 Å². The molecule has 0 aromatic rings. The second kappa shape index (κ2) is 5.85. The van der Waals surface area contributed by atoms with E-state index in [1.807, 2.05) is 55.4 Å². The van der Waals surface area contributed by atoms with Crippen molar-refractivity contribution < 1.29 is 9.59 Å². The Bertz CT molecular complexity index is 305. The van der Waals surface area contributed by atoms with Crippen molar-refractivity contribution >= 4 is 11.7 Å². The van der Waals surface area contributed by atoms with Crippen LogP contribution in [-0.2, 0) is 9.59 Å². The first kappa shape index (κ1) is 17.1. The number of carbonyl (C=O) groups excluding carboxylic acids is 2. The fraction of sp³-hybridized carbons (Fsp3) is 0.867. The van der Waals surface area contributed by atoms with E-state index in [1.54, 1.807) is 0 Å². The minimum absolute atomic E-state index is 0.0393. The number of hydrogen-bond donors (Lipinski definition) is 1. The molecule has 0 spiro atoms. The van der Waals surface area contributed by atoms with Gasteiger partial charge in [-0.3, -0.25) is 9.59 Å². The first-order chi connectivity index (χ1) is 7.85. The van der Waals surface area contributed by atoms with E-state index in [4.69, 9.17) is 0 Å². The van der Waals surface area contributed by atoms with E-state index in [1.165, 1.54) is 0 Å². The standard InChI is InChI=1S/C15H29NO2/c1-10(2)9-11(17)16-12(14(3,4)5)13(18)15(6,7)8/h10,12H,9H2,1-8H3,(H,16,17). The maximum absolute atomic E-state index is 12.4. The lowest BCUT2D eigenvalue weighted by atomic mass is 9.75. The van der Waals surface area contributed by atoms with Crippen LogP contribution in [0, 0.1) is 16.7 Å². The van der Waals surface area contributed by atoms with Crippen LogP contribution in [0.5, 0.6) is 0 Å². The van der Waals surface area contributed by atoms with Gasteiger partial charge in [0.15, 0.2) is 5.78 Å². The fourth-order valence-corrected chi connectivity index (χ4v) is 1.70. The van der Waals surface area contributed by atoms with Crippen molar-refractivity contribution in [3.05, 3.63) is 0 Å². The zero-order valence-corrected chi connectivity index (χ0v) is 13.2. The molecule has 0 saturated heterocycles. The highest BCUT2D eigenvalue weighted by molar-refractivity contribution is 5.93. The van der Waals surface area contributed by atoms with Gasteiger partial charge in [-0.15, -0.1) is 0 Å². The summed E-state index contributed by atoms with van der Waals surface area (Å²) in [7, 11) is 0. The third-order valence-electron chi connectivity index (χ3n) is 2.77. The van der Waals surface area contributed by atoms with Gasteiger partial charge in [-0.05, 0) is 11.3 Å². The number of rotatable bonds is 4. The summed E-state index contributed by atoms with van der Waals surface area (Å²) in [5, 5.41) is 2.91. The van der Waals surface area contributed by atoms with Crippen LogP contribution < -0.4 is 5.32 Å². The van der Waals surface area contributed by atoms with Crippen LogP contribution >= 0.6 is 0 Å². The maximum Gasteiger partial charge on any atom is 0.220 e. The van der Waals surface area contributed by atoms with Gasteiger partial charge in [-0.1, -0.05) is 55.4 Å². The summed E-state index contributed by atoms with van der Waals surface area (Å²) in [4.78, 5) is 24.3. The summed E-state index contributed by atoms with van der Waals surface area (Å²) in [5.74, 6) is 0.352. The zero-order chi connectivity index (χ0) is 14.7. The Morgan fingerprint density at radius 3 is 1.72 bits per heavy atom. The quantitative estimate of drug-likeness (QED) is 0.838. The normalized spacial score (nSPS) is 14.5. The average molecular weight is 255 g/mol. The third kappa shape index (κ3) is 5.65. The number of Topliss-reactive ketones (excluding diaryl/α,β-unsaturated/α-hetero) is 1. The molecule has 3 heteroatoms. The minimum atomic E-state index is -0.441. The van der Waals surface area contributed by atoms with Crippen molar-refractivity contribution in [1.82, 2.24) is 5.32 Å². The van der Waals surface area contributed by atoms with Crippen molar-refractivity contribution in [3.8, 4) is 0 Å². The lowest BCUT2D eigenvalue weighted by Crippen LogP contribution is -2.52. The fourth-order valence-electron chi connectivity index (χ4n) is 1.70. The van der Waals surface area contributed by atoms with Gasteiger partial charge in [0.05, 0.1) is 6.04 Å². The van der Waals surface area contributed by atoms with E-state index >= 15 is 0 Å². The molecule has 18 heavy (non-hydrogen) atoms. The second-order valence-corrected chi connectivity index (χ2v) is 7.58.